The lowest BCUT2D eigenvalue weighted by molar-refractivity contribution is 0.00578. The molecule has 1 aliphatic heterocycles. The molecule has 6 heteroatoms. The lowest BCUT2D eigenvalue weighted by Gasteiger charge is -2.40. The summed E-state index contributed by atoms with van der Waals surface area (Å²) >= 11 is 0. The summed E-state index contributed by atoms with van der Waals surface area (Å²) < 4.78 is 30.8. The zero-order valence-electron chi connectivity index (χ0n) is 26.1. The SMILES string of the molecule is COCOc1c(-c2cc(OC)ccc2B2OC(C)(C)C(C)(C)O2)cc(C(C)(C)C)cc1C1(C)CCCC(C)C1. The fraction of sp³-hybridized carbons (Fsp3) is 0.636. The second-order valence-electron chi connectivity index (χ2n) is 14.0. The Morgan fingerprint density at radius 1 is 0.949 bits per heavy atom. The lowest BCUT2D eigenvalue weighted by Crippen LogP contribution is -2.41. The van der Waals surface area contributed by atoms with E-state index in [1.807, 2.05) is 6.07 Å². The van der Waals surface area contributed by atoms with Gasteiger partial charge in [0.2, 0.25) is 0 Å². The van der Waals surface area contributed by atoms with E-state index >= 15 is 0 Å². The Labute approximate surface area is 237 Å². The third kappa shape index (κ3) is 5.89. The van der Waals surface area contributed by atoms with Gasteiger partial charge in [-0.05, 0) is 92.1 Å². The lowest BCUT2D eigenvalue weighted by atomic mass is 9.65. The minimum atomic E-state index is -0.516. The van der Waals surface area contributed by atoms with Gasteiger partial charge in [-0.15, -0.1) is 0 Å². The topological polar surface area (TPSA) is 46.2 Å². The summed E-state index contributed by atoms with van der Waals surface area (Å²) in [6.07, 6.45) is 4.76. The van der Waals surface area contributed by atoms with E-state index in [0.29, 0.717) is 5.92 Å². The summed E-state index contributed by atoms with van der Waals surface area (Å²) in [5, 5.41) is 0. The highest BCUT2D eigenvalue weighted by Gasteiger charge is 2.52. The molecule has 39 heavy (non-hydrogen) atoms. The van der Waals surface area contributed by atoms with Crippen LogP contribution in [0.4, 0.5) is 0 Å². The molecule has 2 aromatic rings. The Hall–Kier alpha value is -2.02. The Bertz CT molecular complexity index is 1170. The van der Waals surface area contributed by atoms with Gasteiger partial charge in [0, 0.05) is 18.2 Å². The maximum Gasteiger partial charge on any atom is 0.495 e. The molecule has 5 nitrogen and oxygen atoms in total. The Morgan fingerprint density at radius 2 is 1.62 bits per heavy atom. The smallest absolute Gasteiger partial charge is 0.495 e. The fourth-order valence-corrected chi connectivity index (χ4v) is 6.11. The van der Waals surface area contributed by atoms with E-state index in [2.05, 4.69) is 86.6 Å². The van der Waals surface area contributed by atoms with Gasteiger partial charge in [0.15, 0.2) is 6.79 Å². The van der Waals surface area contributed by atoms with Gasteiger partial charge in [0.05, 0.1) is 18.3 Å². The average Bonchev–Trinajstić information content (AvgIpc) is 3.07. The van der Waals surface area contributed by atoms with Gasteiger partial charge < -0.3 is 23.5 Å². The van der Waals surface area contributed by atoms with Crippen molar-refractivity contribution in [1.29, 1.82) is 0 Å². The Balaban J connectivity index is 2.01. The Kier molecular flexibility index (Phi) is 8.26. The summed E-state index contributed by atoms with van der Waals surface area (Å²) in [7, 11) is 2.87. The number of benzene rings is 2. The first-order valence-electron chi connectivity index (χ1n) is 14.5. The number of hydrogen-bond acceptors (Lipinski definition) is 5. The molecule has 1 saturated heterocycles. The van der Waals surface area contributed by atoms with Crippen molar-refractivity contribution in [1.82, 2.24) is 0 Å². The van der Waals surface area contributed by atoms with Crippen LogP contribution < -0.4 is 14.9 Å². The van der Waals surface area contributed by atoms with Crippen molar-refractivity contribution >= 4 is 12.6 Å². The standard InChI is InChI=1S/C33H49BO5/c1-22-13-12-16-33(9,20-22)27-18-23(30(2,3)4)17-26(29(27)37-21-35-10)25-19-24(36-11)14-15-28(25)34-38-31(5,6)32(7,8)39-34/h14-15,17-19,22H,12-13,16,20-21H2,1-11H3. The minimum absolute atomic E-state index is 0.000121. The van der Waals surface area contributed by atoms with E-state index in [1.165, 1.54) is 24.0 Å². The highest BCUT2D eigenvalue weighted by molar-refractivity contribution is 6.64. The van der Waals surface area contributed by atoms with Gasteiger partial charge in [0.1, 0.15) is 11.5 Å². The van der Waals surface area contributed by atoms with E-state index in [1.54, 1.807) is 14.2 Å². The average molecular weight is 537 g/mol. The van der Waals surface area contributed by atoms with Crippen LogP contribution in [0.15, 0.2) is 30.3 Å². The molecule has 2 atom stereocenters. The molecule has 0 radical (unpaired) electrons. The molecule has 2 aromatic carbocycles. The molecular weight excluding hydrogens is 487 g/mol. The normalized spacial score (nSPS) is 24.6. The zero-order valence-corrected chi connectivity index (χ0v) is 26.1. The molecular formula is C33H49BO5. The van der Waals surface area contributed by atoms with Crippen molar-refractivity contribution in [3.8, 4) is 22.6 Å². The van der Waals surface area contributed by atoms with Crippen LogP contribution in [0.5, 0.6) is 11.5 Å². The molecule has 0 amide bonds. The van der Waals surface area contributed by atoms with Crippen molar-refractivity contribution in [3.05, 3.63) is 41.5 Å². The van der Waals surface area contributed by atoms with Crippen molar-refractivity contribution in [2.75, 3.05) is 21.0 Å². The summed E-state index contributed by atoms with van der Waals surface area (Å²) in [6, 6.07) is 10.8. The summed E-state index contributed by atoms with van der Waals surface area (Å²) in [4.78, 5) is 0. The van der Waals surface area contributed by atoms with E-state index in [4.69, 9.17) is 23.5 Å². The number of ether oxygens (including phenoxy) is 3. The molecule has 0 bridgehead atoms. The van der Waals surface area contributed by atoms with Crippen LogP contribution in [0, 0.1) is 5.92 Å². The maximum absolute atomic E-state index is 6.56. The number of methoxy groups -OCH3 is 2. The molecule has 214 valence electrons. The van der Waals surface area contributed by atoms with Crippen molar-refractivity contribution in [2.24, 2.45) is 5.92 Å². The van der Waals surface area contributed by atoms with Crippen molar-refractivity contribution in [3.63, 3.8) is 0 Å². The van der Waals surface area contributed by atoms with E-state index in [0.717, 1.165) is 40.9 Å². The molecule has 1 saturated carbocycles. The first-order valence-corrected chi connectivity index (χ1v) is 14.5. The third-order valence-electron chi connectivity index (χ3n) is 9.21. The highest BCUT2D eigenvalue weighted by atomic mass is 16.7. The second kappa shape index (κ2) is 10.8. The predicted molar refractivity (Wildman–Crippen MR) is 160 cm³/mol. The summed E-state index contributed by atoms with van der Waals surface area (Å²) in [6.45, 7) is 20.2. The molecule has 0 aromatic heterocycles. The van der Waals surface area contributed by atoms with Gasteiger partial charge in [-0.1, -0.05) is 59.6 Å². The predicted octanol–water partition coefficient (Wildman–Crippen LogP) is 7.41. The Morgan fingerprint density at radius 3 is 2.18 bits per heavy atom. The largest absolute Gasteiger partial charge is 0.497 e. The van der Waals surface area contributed by atoms with Crippen LogP contribution in [-0.2, 0) is 24.9 Å². The van der Waals surface area contributed by atoms with Crippen molar-refractivity contribution in [2.45, 2.75) is 110 Å². The maximum atomic E-state index is 6.56. The highest BCUT2D eigenvalue weighted by Crippen LogP contribution is 2.50. The molecule has 0 N–H and O–H groups in total. The molecule has 2 fully saturated rings. The van der Waals surface area contributed by atoms with Crippen LogP contribution in [-0.4, -0.2) is 39.3 Å². The summed E-state index contributed by atoms with van der Waals surface area (Å²) in [5.74, 6) is 2.33. The number of hydrogen-bond donors (Lipinski definition) is 0. The molecule has 4 rings (SSSR count). The quantitative estimate of drug-likeness (QED) is 0.272. The van der Waals surface area contributed by atoms with E-state index in [9.17, 15) is 0 Å². The van der Waals surface area contributed by atoms with Crippen LogP contribution in [0.3, 0.4) is 0 Å². The van der Waals surface area contributed by atoms with E-state index < -0.39 is 18.3 Å². The van der Waals surface area contributed by atoms with Crippen LogP contribution in [0.25, 0.3) is 11.1 Å². The van der Waals surface area contributed by atoms with Gasteiger partial charge in [-0.3, -0.25) is 0 Å². The fourth-order valence-electron chi connectivity index (χ4n) is 6.11. The molecule has 2 unspecified atom stereocenters. The molecule has 1 heterocycles. The second-order valence-corrected chi connectivity index (χ2v) is 14.0. The zero-order chi connectivity index (χ0) is 28.8. The van der Waals surface area contributed by atoms with Crippen LogP contribution in [0.1, 0.15) is 99.1 Å². The third-order valence-corrected chi connectivity index (χ3v) is 9.21. The molecule has 0 spiro atoms. The minimum Gasteiger partial charge on any atom is -0.497 e. The van der Waals surface area contributed by atoms with Gasteiger partial charge in [0.25, 0.3) is 0 Å². The summed E-state index contributed by atoms with van der Waals surface area (Å²) in [5.41, 5.74) is 4.58. The van der Waals surface area contributed by atoms with Gasteiger partial charge >= 0.3 is 7.12 Å². The van der Waals surface area contributed by atoms with Gasteiger partial charge in [-0.25, -0.2) is 0 Å². The van der Waals surface area contributed by atoms with Crippen LogP contribution in [0.2, 0.25) is 0 Å². The molecule has 1 aliphatic carbocycles. The first kappa shape index (κ1) is 30.0. The van der Waals surface area contributed by atoms with E-state index in [-0.39, 0.29) is 17.6 Å². The van der Waals surface area contributed by atoms with Crippen LogP contribution >= 0.6 is 0 Å². The number of rotatable bonds is 7. The van der Waals surface area contributed by atoms with Crippen molar-refractivity contribution < 1.29 is 23.5 Å². The monoisotopic (exact) mass is 536 g/mol. The first-order chi connectivity index (χ1) is 18.1. The molecule has 2 aliphatic rings. The van der Waals surface area contributed by atoms with Gasteiger partial charge in [-0.2, -0.15) is 0 Å².